The number of hydrogen-bond acceptors (Lipinski definition) is 4. The first-order chi connectivity index (χ1) is 13.5. The Hall–Kier alpha value is -2.74. The number of thiophene rings is 1. The second kappa shape index (κ2) is 7.71. The van der Waals surface area contributed by atoms with Crippen molar-refractivity contribution in [3.05, 3.63) is 89.9 Å². The Kier molecular flexibility index (Phi) is 5.13. The lowest BCUT2D eigenvalue weighted by molar-refractivity contribution is 0.567. The molecule has 5 nitrogen and oxygen atoms in total. The molecule has 0 aliphatic rings. The van der Waals surface area contributed by atoms with Crippen LogP contribution < -0.4 is 4.72 Å². The third kappa shape index (κ3) is 3.77. The summed E-state index contributed by atoms with van der Waals surface area (Å²) < 4.78 is 30.8. The summed E-state index contributed by atoms with van der Waals surface area (Å²) in [5, 5.41) is 6.49. The van der Waals surface area contributed by atoms with Crippen molar-refractivity contribution in [1.82, 2.24) is 14.5 Å². The number of hydrogen-bond donors (Lipinski definition) is 1. The van der Waals surface area contributed by atoms with Gasteiger partial charge < -0.3 is 0 Å². The maximum Gasteiger partial charge on any atom is 0.244 e. The zero-order chi connectivity index (χ0) is 19.6. The fraction of sp³-hybridized carbons (Fsp3) is 0.0952. The van der Waals surface area contributed by atoms with Crippen molar-refractivity contribution in [3.8, 4) is 16.3 Å². The summed E-state index contributed by atoms with van der Waals surface area (Å²) in [4.78, 5) is 0.976. The normalized spacial score (nSPS) is 12.8. The molecule has 0 aliphatic heterocycles. The van der Waals surface area contributed by atoms with Crippen LogP contribution >= 0.6 is 11.3 Å². The Morgan fingerprint density at radius 1 is 0.964 bits per heavy atom. The van der Waals surface area contributed by atoms with Crippen molar-refractivity contribution in [2.75, 3.05) is 0 Å². The molecule has 28 heavy (non-hydrogen) atoms. The minimum Gasteiger partial charge on any atom is -0.239 e. The Bertz CT molecular complexity index is 1150. The number of rotatable bonds is 6. The highest BCUT2D eigenvalue weighted by Gasteiger charge is 2.26. The predicted octanol–water partition coefficient (Wildman–Crippen LogP) is 4.64. The molecule has 0 radical (unpaired) electrons. The van der Waals surface area contributed by atoms with Gasteiger partial charge in [-0.2, -0.15) is 5.10 Å². The molecule has 7 heteroatoms. The second-order valence-corrected chi connectivity index (χ2v) is 8.98. The van der Waals surface area contributed by atoms with Gasteiger partial charge in [-0.05, 0) is 36.1 Å². The van der Waals surface area contributed by atoms with Crippen LogP contribution in [0.25, 0.3) is 16.3 Å². The van der Waals surface area contributed by atoms with E-state index >= 15 is 0 Å². The second-order valence-electron chi connectivity index (χ2n) is 6.35. The average molecular weight is 410 g/mol. The van der Waals surface area contributed by atoms with Crippen molar-refractivity contribution in [1.29, 1.82) is 0 Å². The van der Waals surface area contributed by atoms with Gasteiger partial charge >= 0.3 is 0 Å². The van der Waals surface area contributed by atoms with Crippen LogP contribution in [0.15, 0.2) is 89.3 Å². The van der Waals surface area contributed by atoms with Gasteiger partial charge in [0.25, 0.3) is 0 Å². The highest BCUT2D eigenvalue weighted by molar-refractivity contribution is 7.89. The van der Waals surface area contributed by atoms with Crippen LogP contribution in [0.3, 0.4) is 0 Å². The smallest absolute Gasteiger partial charge is 0.239 e. The summed E-state index contributed by atoms with van der Waals surface area (Å²) in [7, 11) is -3.78. The molecule has 2 heterocycles. The molecule has 0 fully saturated rings. The summed E-state index contributed by atoms with van der Waals surface area (Å²) in [5.74, 6) is 0. The van der Waals surface area contributed by atoms with Crippen LogP contribution in [0.1, 0.15) is 18.5 Å². The highest BCUT2D eigenvalue weighted by atomic mass is 32.2. The van der Waals surface area contributed by atoms with Crippen molar-refractivity contribution >= 4 is 21.4 Å². The minimum atomic E-state index is -3.78. The van der Waals surface area contributed by atoms with Gasteiger partial charge in [0.15, 0.2) is 0 Å². The molecule has 0 saturated carbocycles. The quantitative estimate of drug-likeness (QED) is 0.505. The van der Waals surface area contributed by atoms with Gasteiger partial charge in [0.05, 0.1) is 16.8 Å². The first kappa shape index (κ1) is 18.6. The third-order valence-corrected chi connectivity index (χ3v) is 6.80. The van der Waals surface area contributed by atoms with E-state index in [4.69, 9.17) is 0 Å². The summed E-state index contributed by atoms with van der Waals surface area (Å²) in [6.45, 7) is 1.83. The highest BCUT2D eigenvalue weighted by Crippen LogP contribution is 2.31. The van der Waals surface area contributed by atoms with Gasteiger partial charge in [-0.15, -0.1) is 11.3 Å². The molecule has 2 aromatic heterocycles. The molecule has 0 aliphatic carbocycles. The maximum absolute atomic E-state index is 13.2. The number of sulfonamides is 1. The Balaban J connectivity index is 1.76. The van der Waals surface area contributed by atoms with Crippen molar-refractivity contribution in [2.45, 2.75) is 17.9 Å². The van der Waals surface area contributed by atoms with Crippen LogP contribution in [0.4, 0.5) is 0 Å². The standard InChI is InChI=1S/C21H19N3O2S2/c1-16(17-9-4-2-5-10-17)23-28(25,26)20-15-24(18-11-6-3-7-12-18)22-21(20)19-13-8-14-27-19/h2-16,23H,1H3. The van der Waals surface area contributed by atoms with Gasteiger partial charge in [-0.3, -0.25) is 0 Å². The van der Waals surface area contributed by atoms with E-state index in [0.717, 1.165) is 16.1 Å². The lowest BCUT2D eigenvalue weighted by atomic mass is 10.1. The first-order valence-corrected chi connectivity index (χ1v) is 11.2. The molecule has 142 valence electrons. The first-order valence-electron chi connectivity index (χ1n) is 8.81. The number of nitrogens with one attached hydrogen (secondary N) is 1. The number of nitrogens with zero attached hydrogens (tertiary/aromatic N) is 2. The Morgan fingerprint density at radius 3 is 2.29 bits per heavy atom. The molecular formula is C21H19N3O2S2. The van der Waals surface area contributed by atoms with Gasteiger partial charge in [-0.25, -0.2) is 17.8 Å². The summed E-state index contributed by atoms with van der Waals surface area (Å²) in [6, 6.07) is 22.4. The van der Waals surface area contributed by atoms with Gasteiger partial charge in [0.2, 0.25) is 10.0 Å². The Morgan fingerprint density at radius 2 is 1.64 bits per heavy atom. The maximum atomic E-state index is 13.2. The molecule has 4 aromatic rings. The zero-order valence-electron chi connectivity index (χ0n) is 15.2. The van der Waals surface area contributed by atoms with E-state index in [1.54, 1.807) is 10.9 Å². The van der Waals surface area contributed by atoms with Crippen molar-refractivity contribution in [3.63, 3.8) is 0 Å². The lowest BCUT2D eigenvalue weighted by Gasteiger charge is -2.14. The lowest BCUT2D eigenvalue weighted by Crippen LogP contribution is -2.27. The molecule has 2 aromatic carbocycles. The van der Waals surface area contributed by atoms with E-state index < -0.39 is 10.0 Å². The van der Waals surface area contributed by atoms with Crippen LogP contribution in [0.2, 0.25) is 0 Å². The van der Waals surface area contributed by atoms with Gasteiger partial charge in [0, 0.05) is 6.04 Å². The van der Waals surface area contributed by atoms with Crippen LogP contribution in [0, 0.1) is 0 Å². The predicted molar refractivity (Wildman–Crippen MR) is 112 cm³/mol. The molecular weight excluding hydrogens is 390 g/mol. The molecule has 4 rings (SSSR count). The third-order valence-electron chi connectivity index (χ3n) is 4.38. The SMILES string of the molecule is CC(NS(=O)(=O)c1cn(-c2ccccc2)nc1-c1cccs1)c1ccccc1. The van der Waals surface area contributed by atoms with Crippen molar-refractivity contribution < 1.29 is 8.42 Å². The fourth-order valence-corrected chi connectivity index (χ4v) is 5.12. The van der Waals surface area contributed by atoms with Crippen LogP contribution in [0.5, 0.6) is 0 Å². The number of para-hydroxylation sites is 1. The van der Waals surface area contributed by atoms with Gasteiger partial charge in [-0.1, -0.05) is 54.6 Å². The fourth-order valence-electron chi connectivity index (χ4n) is 2.96. The molecule has 0 bridgehead atoms. The Labute approximate surface area is 168 Å². The van der Waals surface area contributed by atoms with Crippen LogP contribution in [-0.4, -0.2) is 18.2 Å². The van der Waals surface area contributed by atoms with Gasteiger partial charge in [0.1, 0.15) is 10.6 Å². The molecule has 1 unspecified atom stereocenters. The largest absolute Gasteiger partial charge is 0.244 e. The van der Waals surface area contributed by atoms with E-state index in [1.165, 1.54) is 11.3 Å². The van der Waals surface area contributed by atoms with E-state index in [2.05, 4.69) is 9.82 Å². The molecule has 0 amide bonds. The van der Waals surface area contributed by atoms with E-state index in [0.29, 0.717) is 5.69 Å². The topological polar surface area (TPSA) is 64.0 Å². The van der Waals surface area contributed by atoms with E-state index in [9.17, 15) is 8.42 Å². The molecule has 0 spiro atoms. The molecule has 0 saturated heterocycles. The zero-order valence-corrected chi connectivity index (χ0v) is 16.8. The van der Waals surface area contributed by atoms with Crippen molar-refractivity contribution in [2.24, 2.45) is 0 Å². The monoisotopic (exact) mass is 409 g/mol. The number of benzene rings is 2. The molecule has 1 atom stereocenters. The molecule has 1 N–H and O–H groups in total. The van der Waals surface area contributed by atoms with E-state index in [-0.39, 0.29) is 10.9 Å². The van der Waals surface area contributed by atoms with Crippen LogP contribution in [-0.2, 0) is 10.0 Å². The summed E-state index contributed by atoms with van der Waals surface area (Å²) in [5.41, 5.74) is 2.16. The van der Waals surface area contributed by atoms with E-state index in [1.807, 2.05) is 85.1 Å². The minimum absolute atomic E-state index is 0.168. The average Bonchev–Trinajstić information content (AvgIpc) is 3.39. The summed E-state index contributed by atoms with van der Waals surface area (Å²) in [6.07, 6.45) is 1.57. The summed E-state index contributed by atoms with van der Waals surface area (Å²) >= 11 is 1.46. The number of aromatic nitrogens is 2.